The van der Waals surface area contributed by atoms with Crippen molar-refractivity contribution in [2.24, 2.45) is 0 Å². The highest BCUT2D eigenvalue weighted by Crippen LogP contribution is 2.31. The Kier molecular flexibility index (Phi) is 7.49. The third-order valence-corrected chi connectivity index (χ3v) is 5.99. The first kappa shape index (κ1) is 22.7. The van der Waals surface area contributed by atoms with Gasteiger partial charge in [-0.3, -0.25) is 4.79 Å². The topological polar surface area (TPSA) is 48.5 Å². The van der Waals surface area contributed by atoms with Crippen LogP contribution in [0.25, 0.3) is 0 Å². The molecule has 0 unspecified atom stereocenters. The average molecular weight is 459 g/mol. The van der Waals surface area contributed by atoms with E-state index in [0.717, 1.165) is 62.4 Å². The second-order valence-corrected chi connectivity index (χ2v) is 8.23. The van der Waals surface area contributed by atoms with Crippen molar-refractivity contribution in [2.75, 3.05) is 48.7 Å². The number of pyridine rings is 1. The Labute approximate surface area is 182 Å². The maximum absolute atomic E-state index is 12.6. The van der Waals surface area contributed by atoms with Gasteiger partial charge in [0.15, 0.2) is 0 Å². The summed E-state index contributed by atoms with van der Waals surface area (Å²) in [6, 6.07) is 7.61. The standard InChI is InChI=1S/C20H22ClF3N4OS/c1-2-27-7-9-28(10-8-27)17-5-4-15(21)11-16(17)26-18(29)13-30-19-6-3-14(12-25-19)20(22,23)24/h3-6,11-12H,2,7-10,13H2,1H3,(H,26,29). The minimum atomic E-state index is -4.43. The quantitative estimate of drug-likeness (QED) is 0.640. The van der Waals surface area contributed by atoms with Crippen molar-refractivity contribution < 1.29 is 18.0 Å². The first-order valence-corrected chi connectivity index (χ1v) is 10.9. The molecule has 0 aliphatic carbocycles. The number of aromatic nitrogens is 1. The number of carbonyl (C=O) groups excluding carboxylic acids is 1. The second kappa shape index (κ2) is 9.89. The van der Waals surface area contributed by atoms with Gasteiger partial charge in [-0.05, 0) is 36.9 Å². The number of rotatable bonds is 6. The third kappa shape index (κ3) is 6.02. The van der Waals surface area contributed by atoms with Gasteiger partial charge in [-0.2, -0.15) is 13.2 Å². The van der Waals surface area contributed by atoms with Gasteiger partial charge in [-0.1, -0.05) is 30.3 Å². The molecule has 0 radical (unpaired) electrons. The van der Waals surface area contributed by atoms with Crippen molar-refractivity contribution in [2.45, 2.75) is 18.1 Å². The molecule has 0 spiro atoms. The molecule has 2 aromatic rings. The molecule has 0 atom stereocenters. The summed E-state index contributed by atoms with van der Waals surface area (Å²) in [4.78, 5) is 20.8. The maximum Gasteiger partial charge on any atom is 0.417 e. The third-order valence-electron chi connectivity index (χ3n) is 4.81. The lowest BCUT2D eigenvalue weighted by molar-refractivity contribution is -0.137. The van der Waals surface area contributed by atoms with Crippen molar-refractivity contribution in [3.05, 3.63) is 47.1 Å². The lowest BCUT2D eigenvalue weighted by atomic mass is 10.2. The molecular weight excluding hydrogens is 437 g/mol. The zero-order valence-electron chi connectivity index (χ0n) is 16.4. The van der Waals surface area contributed by atoms with Crippen molar-refractivity contribution in [3.8, 4) is 0 Å². The van der Waals surface area contributed by atoms with Gasteiger partial charge in [-0.25, -0.2) is 4.98 Å². The van der Waals surface area contributed by atoms with Crippen LogP contribution < -0.4 is 10.2 Å². The van der Waals surface area contributed by atoms with Crippen LogP contribution in [0.3, 0.4) is 0 Å². The fourth-order valence-corrected chi connectivity index (χ4v) is 3.96. The van der Waals surface area contributed by atoms with E-state index in [1.807, 2.05) is 6.07 Å². The SMILES string of the molecule is CCN1CCN(c2ccc(Cl)cc2NC(=O)CSc2ccc(C(F)(F)F)cn2)CC1. The van der Waals surface area contributed by atoms with Crippen LogP contribution in [0, 0.1) is 0 Å². The molecule has 0 bridgehead atoms. The van der Waals surface area contributed by atoms with E-state index in [1.165, 1.54) is 6.07 Å². The van der Waals surface area contributed by atoms with Crippen LogP contribution in [0.1, 0.15) is 12.5 Å². The summed E-state index contributed by atoms with van der Waals surface area (Å²) in [7, 11) is 0. The summed E-state index contributed by atoms with van der Waals surface area (Å²) >= 11 is 7.20. The summed E-state index contributed by atoms with van der Waals surface area (Å²) in [6.45, 7) is 6.73. The predicted molar refractivity (Wildman–Crippen MR) is 114 cm³/mol. The Balaban J connectivity index is 1.61. The average Bonchev–Trinajstić information content (AvgIpc) is 2.72. The zero-order valence-corrected chi connectivity index (χ0v) is 17.9. The Morgan fingerprint density at radius 2 is 1.93 bits per heavy atom. The van der Waals surface area contributed by atoms with E-state index in [2.05, 4.69) is 27.0 Å². The molecule has 10 heteroatoms. The largest absolute Gasteiger partial charge is 0.417 e. The summed E-state index contributed by atoms with van der Waals surface area (Å²) in [5, 5.41) is 3.73. The number of piperazine rings is 1. The van der Waals surface area contributed by atoms with Crippen LogP contribution in [0.15, 0.2) is 41.6 Å². The van der Waals surface area contributed by atoms with Crippen molar-refractivity contribution in [1.29, 1.82) is 0 Å². The highest BCUT2D eigenvalue weighted by molar-refractivity contribution is 7.99. The van der Waals surface area contributed by atoms with E-state index < -0.39 is 11.7 Å². The minimum Gasteiger partial charge on any atom is -0.367 e. The van der Waals surface area contributed by atoms with Gasteiger partial charge in [0.05, 0.1) is 27.7 Å². The highest BCUT2D eigenvalue weighted by atomic mass is 35.5. The fourth-order valence-electron chi connectivity index (χ4n) is 3.15. The smallest absolute Gasteiger partial charge is 0.367 e. The van der Waals surface area contributed by atoms with Crippen LogP contribution in [0.5, 0.6) is 0 Å². The molecule has 1 aliphatic heterocycles. The number of benzene rings is 1. The molecule has 0 saturated carbocycles. The Morgan fingerprint density at radius 1 is 1.20 bits per heavy atom. The van der Waals surface area contributed by atoms with E-state index >= 15 is 0 Å². The second-order valence-electron chi connectivity index (χ2n) is 6.80. The van der Waals surface area contributed by atoms with E-state index in [1.54, 1.807) is 12.1 Å². The van der Waals surface area contributed by atoms with E-state index in [9.17, 15) is 18.0 Å². The van der Waals surface area contributed by atoms with Gasteiger partial charge in [-0.15, -0.1) is 0 Å². The fraction of sp³-hybridized carbons (Fsp3) is 0.400. The number of nitrogens with one attached hydrogen (secondary N) is 1. The molecule has 1 N–H and O–H groups in total. The number of thioether (sulfide) groups is 1. The number of halogens is 4. The first-order chi connectivity index (χ1) is 14.3. The number of carbonyl (C=O) groups is 1. The van der Waals surface area contributed by atoms with Crippen LogP contribution in [-0.2, 0) is 11.0 Å². The number of nitrogens with zero attached hydrogens (tertiary/aromatic N) is 3. The molecule has 1 aromatic heterocycles. The molecule has 2 heterocycles. The molecule has 5 nitrogen and oxygen atoms in total. The van der Waals surface area contributed by atoms with Gasteiger partial charge in [0.1, 0.15) is 0 Å². The van der Waals surface area contributed by atoms with Crippen molar-refractivity contribution in [1.82, 2.24) is 9.88 Å². The zero-order chi connectivity index (χ0) is 21.7. The van der Waals surface area contributed by atoms with Gasteiger partial charge in [0.25, 0.3) is 0 Å². The molecule has 1 fully saturated rings. The van der Waals surface area contributed by atoms with Crippen LogP contribution in [0.2, 0.25) is 5.02 Å². The van der Waals surface area contributed by atoms with Crippen LogP contribution in [-0.4, -0.2) is 54.3 Å². The Hall–Kier alpha value is -1.97. The molecule has 1 saturated heterocycles. The van der Waals surface area contributed by atoms with Gasteiger partial charge < -0.3 is 15.1 Å². The van der Waals surface area contributed by atoms with Gasteiger partial charge in [0.2, 0.25) is 5.91 Å². The van der Waals surface area contributed by atoms with E-state index in [-0.39, 0.29) is 11.7 Å². The number of hydrogen-bond donors (Lipinski definition) is 1. The number of hydrogen-bond acceptors (Lipinski definition) is 5. The molecular formula is C20H22ClF3N4OS. The number of amides is 1. The van der Waals surface area contributed by atoms with Crippen molar-refractivity contribution in [3.63, 3.8) is 0 Å². The lowest BCUT2D eigenvalue weighted by Crippen LogP contribution is -2.46. The van der Waals surface area contributed by atoms with Crippen LogP contribution >= 0.6 is 23.4 Å². The molecule has 1 aliphatic rings. The lowest BCUT2D eigenvalue weighted by Gasteiger charge is -2.36. The normalized spacial score (nSPS) is 15.3. The number of alkyl halides is 3. The van der Waals surface area contributed by atoms with Crippen molar-refractivity contribution >= 4 is 40.6 Å². The summed E-state index contributed by atoms with van der Waals surface area (Å²) < 4.78 is 37.8. The summed E-state index contributed by atoms with van der Waals surface area (Å²) in [6.07, 6.45) is -3.66. The van der Waals surface area contributed by atoms with Gasteiger partial charge >= 0.3 is 6.18 Å². The maximum atomic E-state index is 12.6. The molecule has 1 amide bonds. The predicted octanol–water partition coefficient (Wildman–Crippen LogP) is 4.63. The summed E-state index contributed by atoms with van der Waals surface area (Å²) in [5.74, 6) is -0.258. The first-order valence-electron chi connectivity index (χ1n) is 9.49. The van der Waals surface area contributed by atoms with E-state index in [0.29, 0.717) is 15.7 Å². The minimum absolute atomic E-state index is 0.0218. The summed E-state index contributed by atoms with van der Waals surface area (Å²) in [5.41, 5.74) is 0.711. The molecule has 1 aromatic carbocycles. The molecule has 162 valence electrons. The Bertz CT molecular complexity index is 871. The van der Waals surface area contributed by atoms with Gasteiger partial charge in [0, 0.05) is 37.4 Å². The Morgan fingerprint density at radius 3 is 2.53 bits per heavy atom. The number of likely N-dealkylation sites (N-methyl/N-ethyl adjacent to an activating group) is 1. The van der Waals surface area contributed by atoms with E-state index in [4.69, 9.17) is 11.6 Å². The monoisotopic (exact) mass is 458 g/mol. The van der Waals surface area contributed by atoms with Crippen LogP contribution in [0.4, 0.5) is 24.5 Å². The molecule has 3 rings (SSSR count). The highest BCUT2D eigenvalue weighted by Gasteiger charge is 2.30. The number of anilines is 2. The molecule has 30 heavy (non-hydrogen) atoms.